The van der Waals surface area contributed by atoms with Crippen molar-refractivity contribution in [3.8, 4) is 11.5 Å². The maximum Gasteiger partial charge on any atom is 0.336 e. The van der Waals surface area contributed by atoms with Crippen molar-refractivity contribution in [3.05, 3.63) is 47.3 Å². The van der Waals surface area contributed by atoms with E-state index in [1.165, 1.54) is 0 Å². The van der Waals surface area contributed by atoms with E-state index in [9.17, 15) is 9.59 Å². The van der Waals surface area contributed by atoms with Crippen LogP contribution in [0.15, 0.2) is 41.7 Å². The topological polar surface area (TPSA) is 83.5 Å². The number of hydrogen-bond acceptors (Lipinski definition) is 8. The summed E-state index contributed by atoms with van der Waals surface area (Å²) in [6.07, 6.45) is 5.48. The summed E-state index contributed by atoms with van der Waals surface area (Å²) >= 11 is 0. The van der Waals surface area contributed by atoms with Crippen LogP contribution in [0.2, 0.25) is 0 Å². The van der Waals surface area contributed by atoms with E-state index < -0.39 is 17.9 Å². The maximum absolute atomic E-state index is 12.9. The molecule has 1 aromatic rings. The number of rotatable bonds is 7. The molecule has 3 aliphatic heterocycles. The minimum atomic E-state index is -0.645. The Morgan fingerprint density at radius 3 is 2.32 bits per heavy atom. The highest BCUT2D eigenvalue weighted by Gasteiger charge is 2.37. The van der Waals surface area contributed by atoms with Crippen LogP contribution in [0.4, 0.5) is 0 Å². The van der Waals surface area contributed by atoms with Crippen LogP contribution >= 0.6 is 0 Å². The quantitative estimate of drug-likeness (QED) is 0.612. The molecule has 1 atom stereocenters. The Bertz CT molecular complexity index is 865. The molecule has 8 heteroatoms. The van der Waals surface area contributed by atoms with Gasteiger partial charge in [-0.2, -0.15) is 0 Å². The smallest absolute Gasteiger partial charge is 0.336 e. The van der Waals surface area contributed by atoms with Crippen LogP contribution in [0.25, 0.3) is 0 Å². The van der Waals surface area contributed by atoms with Crippen LogP contribution in [0.3, 0.4) is 0 Å². The first-order valence-electron chi connectivity index (χ1n) is 10.6. The molecule has 3 aliphatic rings. The SMILES string of the molecule is CCOC(=O)C1=CN(CC2CCCO2)C=C(C(=O)OCC)C1c1ccc2c(c1)OCO2. The van der Waals surface area contributed by atoms with Crippen molar-refractivity contribution in [2.45, 2.75) is 38.7 Å². The molecule has 31 heavy (non-hydrogen) atoms. The number of fused-ring (bicyclic) bond motifs is 1. The second-order valence-electron chi connectivity index (χ2n) is 7.49. The maximum atomic E-state index is 12.9. The lowest BCUT2D eigenvalue weighted by Gasteiger charge is -2.31. The van der Waals surface area contributed by atoms with Crippen LogP contribution in [0, 0.1) is 0 Å². The monoisotopic (exact) mass is 429 g/mol. The molecule has 0 radical (unpaired) electrons. The van der Waals surface area contributed by atoms with Gasteiger partial charge in [0.25, 0.3) is 0 Å². The Morgan fingerprint density at radius 1 is 1.03 bits per heavy atom. The molecule has 1 saturated heterocycles. The fraction of sp³-hybridized carbons (Fsp3) is 0.478. The van der Waals surface area contributed by atoms with E-state index in [1.807, 2.05) is 11.0 Å². The van der Waals surface area contributed by atoms with Crippen molar-refractivity contribution in [1.29, 1.82) is 0 Å². The molecule has 0 aliphatic carbocycles. The average Bonchev–Trinajstić information content (AvgIpc) is 3.44. The van der Waals surface area contributed by atoms with Gasteiger partial charge in [-0.15, -0.1) is 0 Å². The minimum Gasteiger partial charge on any atom is -0.463 e. The summed E-state index contributed by atoms with van der Waals surface area (Å²) in [5.41, 5.74) is 1.45. The van der Waals surface area contributed by atoms with Crippen molar-refractivity contribution >= 4 is 11.9 Å². The van der Waals surface area contributed by atoms with Crippen LogP contribution in [-0.4, -0.2) is 56.1 Å². The predicted molar refractivity (Wildman–Crippen MR) is 110 cm³/mol. The van der Waals surface area contributed by atoms with Gasteiger partial charge < -0.3 is 28.6 Å². The number of esters is 2. The highest BCUT2D eigenvalue weighted by molar-refractivity contribution is 5.98. The largest absolute Gasteiger partial charge is 0.463 e. The third-order valence-electron chi connectivity index (χ3n) is 5.42. The van der Waals surface area contributed by atoms with E-state index in [1.54, 1.807) is 38.4 Å². The van der Waals surface area contributed by atoms with Crippen LogP contribution in [0.5, 0.6) is 11.5 Å². The molecule has 0 bridgehead atoms. The molecule has 0 N–H and O–H groups in total. The second-order valence-corrected chi connectivity index (χ2v) is 7.49. The number of ether oxygens (including phenoxy) is 5. The summed E-state index contributed by atoms with van der Waals surface area (Å²) < 4.78 is 27.3. The second kappa shape index (κ2) is 9.43. The van der Waals surface area contributed by atoms with Crippen molar-refractivity contribution < 1.29 is 33.3 Å². The van der Waals surface area contributed by atoms with Gasteiger partial charge >= 0.3 is 11.9 Å². The van der Waals surface area contributed by atoms with Crippen LogP contribution in [-0.2, 0) is 23.8 Å². The lowest BCUT2D eigenvalue weighted by Crippen LogP contribution is -2.32. The molecule has 0 amide bonds. The summed E-state index contributed by atoms with van der Waals surface area (Å²) in [6, 6.07) is 5.40. The first-order valence-corrected chi connectivity index (χ1v) is 10.6. The molecule has 3 heterocycles. The van der Waals surface area contributed by atoms with E-state index in [2.05, 4.69) is 0 Å². The molecule has 0 saturated carbocycles. The third-order valence-corrected chi connectivity index (χ3v) is 5.42. The van der Waals surface area contributed by atoms with E-state index >= 15 is 0 Å². The predicted octanol–water partition coefficient (Wildman–Crippen LogP) is 2.89. The number of nitrogens with zero attached hydrogens (tertiary/aromatic N) is 1. The molecular formula is C23H27NO7. The molecule has 1 aromatic carbocycles. The fourth-order valence-corrected chi connectivity index (χ4v) is 4.06. The van der Waals surface area contributed by atoms with Gasteiger partial charge in [0, 0.05) is 25.6 Å². The Kier molecular flexibility index (Phi) is 6.46. The van der Waals surface area contributed by atoms with Gasteiger partial charge in [-0.25, -0.2) is 9.59 Å². The Morgan fingerprint density at radius 2 is 1.71 bits per heavy atom. The van der Waals surface area contributed by atoms with Crippen molar-refractivity contribution in [2.24, 2.45) is 0 Å². The van der Waals surface area contributed by atoms with Crippen molar-refractivity contribution in [1.82, 2.24) is 4.90 Å². The molecule has 0 aromatic heterocycles. The van der Waals surface area contributed by atoms with E-state index in [0.29, 0.717) is 29.2 Å². The molecule has 4 rings (SSSR count). The van der Waals surface area contributed by atoms with Crippen LogP contribution < -0.4 is 9.47 Å². The standard InChI is InChI=1S/C23H27NO7/c1-3-27-22(25)17-12-24(11-16-6-5-9-29-16)13-18(23(26)28-4-2)21(17)15-7-8-19-20(10-15)31-14-30-19/h7-8,10,12-13,16,21H,3-6,9,11,14H2,1-2H3. The van der Waals surface area contributed by atoms with Crippen molar-refractivity contribution in [2.75, 3.05) is 33.2 Å². The van der Waals surface area contributed by atoms with Gasteiger partial charge in [0.2, 0.25) is 6.79 Å². The number of hydrogen-bond donors (Lipinski definition) is 0. The van der Waals surface area contributed by atoms with Gasteiger partial charge in [0.15, 0.2) is 11.5 Å². The molecule has 1 fully saturated rings. The van der Waals surface area contributed by atoms with Crippen LogP contribution in [0.1, 0.15) is 38.2 Å². The molecule has 166 valence electrons. The number of carbonyl (C=O) groups is 2. The van der Waals surface area contributed by atoms with E-state index in [0.717, 1.165) is 25.0 Å². The van der Waals surface area contributed by atoms with E-state index in [-0.39, 0.29) is 26.1 Å². The summed E-state index contributed by atoms with van der Waals surface area (Å²) in [4.78, 5) is 27.7. The molecule has 8 nitrogen and oxygen atoms in total. The Hall–Kier alpha value is -3.00. The Balaban J connectivity index is 1.74. The number of carbonyl (C=O) groups excluding carboxylic acids is 2. The first-order chi connectivity index (χ1) is 15.1. The van der Waals surface area contributed by atoms with Gasteiger partial charge in [-0.3, -0.25) is 0 Å². The highest BCUT2D eigenvalue weighted by atomic mass is 16.7. The van der Waals surface area contributed by atoms with Gasteiger partial charge in [0.05, 0.1) is 36.4 Å². The molecule has 0 spiro atoms. The lowest BCUT2D eigenvalue weighted by molar-refractivity contribution is -0.139. The third kappa shape index (κ3) is 4.54. The van der Waals surface area contributed by atoms with Gasteiger partial charge in [-0.05, 0) is 44.4 Å². The highest BCUT2D eigenvalue weighted by Crippen LogP contribution is 2.42. The summed E-state index contributed by atoms with van der Waals surface area (Å²) in [7, 11) is 0. The molecular weight excluding hydrogens is 402 g/mol. The normalized spacial score (nSPS) is 20.3. The summed E-state index contributed by atoms with van der Waals surface area (Å²) in [5, 5.41) is 0. The lowest BCUT2D eigenvalue weighted by atomic mass is 9.83. The van der Waals surface area contributed by atoms with Gasteiger partial charge in [0.1, 0.15) is 0 Å². The average molecular weight is 429 g/mol. The zero-order valence-electron chi connectivity index (χ0n) is 17.8. The summed E-state index contributed by atoms with van der Waals surface area (Å²) in [6.45, 7) is 5.37. The zero-order chi connectivity index (χ0) is 21.8. The van der Waals surface area contributed by atoms with Crippen molar-refractivity contribution in [3.63, 3.8) is 0 Å². The van der Waals surface area contributed by atoms with E-state index in [4.69, 9.17) is 23.7 Å². The zero-order valence-corrected chi connectivity index (χ0v) is 17.8. The van der Waals surface area contributed by atoms with Gasteiger partial charge in [-0.1, -0.05) is 6.07 Å². The minimum absolute atomic E-state index is 0.0430. The molecule has 1 unspecified atom stereocenters. The summed E-state index contributed by atoms with van der Waals surface area (Å²) in [5.74, 6) is -0.392. The fourth-order valence-electron chi connectivity index (χ4n) is 4.06. The Labute approximate surface area is 181 Å². The first kappa shape index (κ1) is 21.2. The number of benzene rings is 1.